The van der Waals surface area contributed by atoms with Crippen molar-refractivity contribution in [2.45, 2.75) is 96.8 Å². The van der Waals surface area contributed by atoms with Crippen molar-refractivity contribution in [2.24, 2.45) is 0 Å². The molecule has 0 saturated heterocycles. The zero-order valence-electron chi connectivity index (χ0n) is 15.3. The number of hydrogen-bond acceptors (Lipinski definition) is 4. The minimum absolute atomic E-state index is 0.115. The van der Waals surface area contributed by atoms with Crippen molar-refractivity contribution in [1.29, 1.82) is 0 Å². The molecule has 0 N–H and O–H groups in total. The average Bonchev–Trinajstić information content (AvgIpc) is 2.48. The SMILES string of the molecule is CCCCCCCCCCCCCCCCN(S(=O)(=O)F)S(=O)(=O)F. The molecule has 0 amide bonds. The first-order chi connectivity index (χ1) is 11.7. The van der Waals surface area contributed by atoms with E-state index in [0.717, 1.165) is 25.7 Å². The Kier molecular flexibility index (Phi) is 13.7. The molecule has 0 atom stereocenters. The molecule has 0 radical (unpaired) electrons. The molecular weight excluding hydrogens is 372 g/mol. The Balaban J connectivity index is 3.53. The first-order valence-corrected chi connectivity index (χ1v) is 12.0. The van der Waals surface area contributed by atoms with E-state index < -0.39 is 31.1 Å². The molecule has 0 rings (SSSR count). The van der Waals surface area contributed by atoms with Crippen molar-refractivity contribution in [1.82, 2.24) is 3.71 Å². The Morgan fingerprint density at radius 1 is 0.560 bits per heavy atom. The maximum atomic E-state index is 12.7. The lowest BCUT2D eigenvalue weighted by Gasteiger charge is -2.11. The number of hydrogen-bond donors (Lipinski definition) is 0. The van der Waals surface area contributed by atoms with Gasteiger partial charge in [0.2, 0.25) is 0 Å². The van der Waals surface area contributed by atoms with Gasteiger partial charge in [-0.1, -0.05) is 98.2 Å². The van der Waals surface area contributed by atoms with E-state index in [1.807, 2.05) is 0 Å². The van der Waals surface area contributed by atoms with Crippen molar-refractivity contribution in [2.75, 3.05) is 6.54 Å². The van der Waals surface area contributed by atoms with E-state index in [4.69, 9.17) is 0 Å². The van der Waals surface area contributed by atoms with Crippen LogP contribution in [0.2, 0.25) is 0 Å². The van der Waals surface area contributed by atoms with Gasteiger partial charge in [0, 0.05) is 6.54 Å². The van der Waals surface area contributed by atoms with Gasteiger partial charge >= 0.3 is 20.8 Å². The van der Waals surface area contributed by atoms with Crippen LogP contribution < -0.4 is 0 Å². The highest BCUT2D eigenvalue weighted by Crippen LogP contribution is 2.16. The number of unbranched alkanes of at least 4 members (excludes halogenated alkanes) is 13. The predicted molar refractivity (Wildman–Crippen MR) is 97.1 cm³/mol. The van der Waals surface area contributed by atoms with E-state index in [1.165, 1.54) is 51.4 Å². The summed E-state index contributed by atoms with van der Waals surface area (Å²) in [6.07, 6.45) is 15.0. The molecule has 0 aromatic rings. The summed E-state index contributed by atoms with van der Waals surface area (Å²) in [5, 5.41) is 0. The molecule has 0 aliphatic heterocycles. The summed E-state index contributed by atoms with van der Waals surface area (Å²) >= 11 is 0. The van der Waals surface area contributed by atoms with Gasteiger partial charge in [0.05, 0.1) is 0 Å². The first kappa shape index (κ1) is 24.7. The highest BCUT2D eigenvalue weighted by molar-refractivity contribution is 7.99. The summed E-state index contributed by atoms with van der Waals surface area (Å²) < 4.78 is 67.0. The quantitative estimate of drug-likeness (QED) is 0.246. The Bertz CT molecular complexity index is 492. The summed E-state index contributed by atoms with van der Waals surface area (Å²) in [6.45, 7) is 1.53. The molecule has 5 nitrogen and oxygen atoms in total. The van der Waals surface area contributed by atoms with Crippen molar-refractivity contribution in [3.8, 4) is 0 Å². The minimum atomic E-state index is -5.57. The fourth-order valence-electron chi connectivity index (χ4n) is 2.76. The molecule has 0 fully saturated rings. The second kappa shape index (κ2) is 13.9. The second-order valence-electron chi connectivity index (χ2n) is 6.48. The molecule has 0 heterocycles. The summed E-state index contributed by atoms with van der Waals surface area (Å²) in [6, 6.07) is 0. The number of nitrogens with zero attached hydrogens (tertiary/aromatic N) is 1. The Hall–Kier alpha value is -0.280. The summed E-state index contributed by atoms with van der Waals surface area (Å²) in [5.74, 6) is 0. The van der Waals surface area contributed by atoms with Crippen LogP contribution in [0.1, 0.15) is 96.8 Å². The van der Waals surface area contributed by atoms with Crippen LogP contribution in [0.15, 0.2) is 0 Å². The molecule has 152 valence electrons. The molecular formula is C16H33F2NO4S2. The highest BCUT2D eigenvalue weighted by atomic mass is 32.3. The summed E-state index contributed by atoms with van der Waals surface area (Å²) in [4.78, 5) is 0. The molecule has 9 heteroatoms. The summed E-state index contributed by atoms with van der Waals surface area (Å²) in [5.41, 5.74) is 0. The monoisotopic (exact) mass is 405 g/mol. The highest BCUT2D eigenvalue weighted by Gasteiger charge is 2.33. The normalized spacial score (nSPS) is 12.8. The predicted octanol–water partition coefficient (Wildman–Crippen LogP) is 5.20. The molecule has 0 unspecified atom stereocenters. The van der Waals surface area contributed by atoms with E-state index in [2.05, 4.69) is 6.92 Å². The fourth-order valence-corrected chi connectivity index (χ4v) is 4.30. The third-order valence-electron chi connectivity index (χ3n) is 4.18. The standard InChI is InChI=1S/C16H33F2NO4S2/c1-2-3-4-5-6-7-8-9-10-11-12-13-14-15-16-19(24(17,20)21)25(18,22)23/h2-16H2,1H3. The van der Waals surface area contributed by atoms with E-state index >= 15 is 0 Å². The first-order valence-electron chi connectivity index (χ1n) is 9.36. The van der Waals surface area contributed by atoms with Crippen LogP contribution in [-0.4, -0.2) is 27.1 Å². The lowest BCUT2D eigenvalue weighted by molar-refractivity contribution is 0.432. The van der Waals surface area contributed by atoms with E-state index in [-0.39, 0.29) is 6.42 Å². The van der Waals surface area contributed by atoms with Gasteiger partial charge in [-0.3, -0.25) is 0 Å². The van der Waals surface area contributed by atoms with Gasteiger partial charge in [0.15, 0.2) is 0 Å². The lowest BCUT2D eigenvalue weighted by atomic mass is 10.0. The van der Waals surface area contributed by atoms with Crippen molar-refractivity contribution >= 4 is 20.8 Å². The lowest BCUT2D eigenvalue weighted by Crippen LogP contribution is -2.32. The van der Waals surface area contributed by atoms with Gasteiger partial charge in [0.25, 0.3) is 0 Å². The second-order valence-corrected chi connectivity index (χ2v) is 9.24. The van der Waals surface area contributed by atoms with Gasteiger partial charge in [-0.2, -0.15) is 16.8 Å². The van der Waals surface area contributed by atoms with Crippen molar-refractivity contribution in [3.63, 3.8) is 0 Å². The smallest absolute Gasteiger partial charge is 0.176 e. The zero-order chi connectivity index (χ0) is 19.2. The number of rotatable bonds is 17. The molecule has 0 saturated carbocycles. The Morgan fingerprint density at radius 3 is 1.12 bits per heavy atom. The van der Waals surface area contributed by atoms with Gasteiger partial charge < -0.3 is 0 Å². The average molecular weight is 406 g/mol. The molecule has 25 heavy (non-hydrogen) atoms. The molecule has 0 aromatic heterocycles. The fraction of sp³-hybridized carbons (Fsp3) is 1.00. The maximum Gasteiger partial charge on any atom is 0.390 e. The molecule has 0 bridgehead atoms. The van der Waals surface area contributed by atoms with Crippen LogP contribution in [0.5, 0.6) is 0 Å². The third kappa shape index (κ3) is 14.6. The van der Waals surface area contributed by atoms with E-state index in [9.17, 15) is 24.6 Å². The summed E-state index contributed by atoms with van der Waals surface area (Å²) in [7, 11) is -11.1. The van der Waals surface area contributed by atoms with Gasteiger partial charge in [-0.15, -0.1) is 0 Å². The molecule has 0 aliphatic carbocycles. The van der Waals surface area contributed by atoms with Crippen LogP contribution in [0, 0.1) is 0 Å². The minimum Gasteiger partial charge on any atom is -0.176 e. The van der Waals surface area contributed by atoms with Crippen LogP contribution in [0.3, 0.4) is 0 Å². The van der Waals surface area contributed by atoms with E-state index in [0.29, 0.717) is 6.42 Å². The zero-order valence-corrected chi connectivity index (χ0v) is 16.9. The topological polar surface area (TPSA) is 71.5 Å². The van der Waals surface area contributed by atoms with Crippen LogP contribution >= 0.6 is 0 Å². The van der Waals surface area contributed by atoms with Gasteiger partial charge in [-0.25, -0.2) is 0 Å². The van der Waals surface area contributed by atoms with Crippen LogP contribution in [0.25, 0.3) is 0 Å². The van der Waals surface area contributed by atoms with E-state index in [1.54, 1.807) is 0 Å². The van der Waals surface area contributed by atoms with Gasteiger partial charge in [0.1, 0.15) is 0 Å². The van der Waals surface area contributed by atoms with Gasteiger partial charge in [-0.05, 0) is 10.1 Å². The van der Waals surface area contributed by atoms with Crippen LogP contribution in [0.4, 0.5) is 7.77 Å². The molecule has 0 aromatic carbocycles. The molecule has 0 aliphatic rings. The largest absolute Gasteiger partial charge is 0.390 e. The Labute approximate surface area is 152 Å². The number of halogens is 2. The molecule has 0 spiro atoms. The Morgan fingerprint density at radius 2 is 0.840 bits per heavy atom. The van der Waals surface area contributed by atoms with Crippen LogP contribution in [-0.2, 0) is 20.8 Å². The maximum absolute atomic E-state index is 12.7. The van der Waals surface area contributed by atoms with Crippen molar-refractivity contribution < 1.29 is 24.6 Å². The van der Waals surface area contributed by atoms with Crippen molar-refractivity contribution in [3.05, 3.63) is 0 Å². The third-order valence-corrected chi connectivity index (χ3v) is 6.59.